The van der Waals surface area contributed by atoms with Gasteiger partial charge in [-0.05, 0) is 51.1 Å². The third-order valence-corrected chi connectivity index (χ3v) is 6.61. The Morgan fingerprint density at radius 2 is 1.88 bits per heavy atom. The predicted octanol–water partition coefficient (Wildman–Crippen LogP) is 3.26. The minimum absolute atomic E-state index is 0. The summed E-state index contributed by atoms with van der Waals surface area (Å²) in [5.41, 5.74) is 1.22. The van der Waals surface area contributed by atoms with Crippen molar-refractivity contribution in [1.29, 1.82) is 0 Å². The van der Waals surface area contributed by atoms with Crippen molar-refractivity contribution in [3.63, 3.8) is 0 Å². The van der Waals surface area contributed by atoms with E-state index in [4.69, 9.17) is 4.74 Å². The number of hydrogen-bond donors (Lipinski definition) is 2. The molecule has 1 aliphatic heterocycles. The second-order valence-corrected chi connectivity index (χ2v) is 8.95. The number of methoxy groups -OCH3 is 1. The molecule has 3 rings (SSSR count). The summed E-state index contributed by atoms with van der Waals surface area (Å²) in [4.78, 5) is 21.5. The molecule has 1 aromatic carbocycles. The second kappa shape index (κ2) is 13.2. The van der Waals surface area contributed by atoms with E-state index in [-0.39, 0.29) is 42.0 Å². The molecule has 0 bridgehead atoms. The van der Waals surface area contributed by atoms with E-state index in [9.17, 15) is 4.79 Å². The zero-order valence-corrected chi connectivity index (χ0v) is 22.3. The van der Waals surface area contributed by atoms with Gasteiger partial charge >= 0.3 is 0 Å². The maximum atomic E-state index is 12.8. The number of nitrogens with one attached hydrogen (secondary N) is 2. The summed E-state index contributed by atoms with van der Waals surface area (Å²) in [6.45, 7) is 2.35. The lowest BCUT2D eigenvalue weighted by Crippen LogP contribution is -2.47. The van der Waals surface area contributed by atoms with Gasteiger partial charge < -0.3 is 25.2 Å². The maximum absolute atomic E-state index is 12.8. The first-order valence-electron chi connectivity index (χ1n) is 11.6. The predicted molar refractivity (Wildman–Crippen MR) is 141 cm³/mol. The van der Waals surface area contributed by atoms with Crippen LogP contribution in [0.1, 0.15) is 50.1 Å². The van der Waals surface area contributed by atoms with Crippen molar-refractivity contribution in [2.24, 2.45) is 10.9 Å². The normalized spacial score (nSPS) is 20.6. The number of carbonyl (C=O) groups is 1. The summed E-state index contributed by atoms with van der Waals surface area (Å²) >= 11 is 0. The van der Waals surface area contributed by atoms with E-state index in [0.29, 0.717) is 5.91 Å². The largest absolute Gasteiger partial charge is 0.497 e. The molecule has 1 heterocycles. The molecule has 2 aliphatic rings. The molecule has 1 amide bonds. The van der Waals surface area contributed by atoms with E-state index in [1.807, 2.05) is 12.1 Å². The molecule has 2 atom stereocenters. The van der Waals surface area contributed by atoms with Gasteiger partial charge in [0.05, 0.1) is 13.2 Å². The first kappa shape index (κ1) is 26.7. The molecule has 2 fully saturated rings. The second-order valence-electron chi connectivity index (χ2n) is 8.95. The molecule has 1 saturated carbocycles. The summed E-state index contributed by atoms with van der Waals surface area (Å²) in [5, 5.41) is 7.00. The molecule has 2 unspecified atom stereocenters. The first-order chi connectivity index (χ1) is 15.0. The van der Waals surface area contributed by atoms with Crippen LogP contribution in [0.3, 0.4) is 0 Å². The molecule has 180 valence electrons. The van der Waals surface area contributed by atoms with Crippen LogP contribution in [-0.4, -0.2) is 75.6 Å². The molecule has 7 nitrogen and oxygen atoms in total. The number of halogens is 1. The molecule has 1 aliphatic carbocycles. The fraction of sp³-hybridized carbons (Fsp3) is 0.667. The number of likely N-dealkylation sites (N-methyl/N-ethyl adjacent to an activating group) is 1. The molecule has 1 saturated heterocycles. The van der Waals surface area contributed by atoms with Crippen LogP contribution in [0.15, 0.2) is 29.3 Å². The van der Waals surface area contributed by atoms with Gasteiger partial charge in [-0.15, -0.1) is 24.0 Å². The molecule has 0 spiro atoms. The van der Waals surface area contributed by atoms with Crippen LogP contribution in [0.2, 0.25) is 0 Å². The minimum Gasteiger partial charge on any atom is -0.497 e. The molecule has 8 heteroatoms. The summed E-state index contributed by atoms with van der Waals surface area (Å²) in [6, 6.07) is 8.65. The molecule has 0 aromatic heterocycles. The van der Waals surface area contributed by atoms with Gasteiger partial charge in [0.1, 0.15) is 5.75 Å². The van der Waals surface area contributed by atoms with Gasteiger partial charge in [-0.1, -0.05) is 31.4 Å². The van der Waals surface area contributed by atoms with Crippen LogP contribution >= 0.6 is 24.0 Å². The molecular weight excluding hydrogens is 517 g/mol. The average molecular weight is 558 g/mol. The number of rotatable bonds is 7. The smallest absolute Gasteiger partial charge is 0.225 e. The number of aliphatic imine (C=N–C) groups is 1. The Labute approximate surface area is 210 Å². The van der Waals surface area contributed by atoms with Crippen LogP contribution in [0.5, 0.6) is 5.75 Å². The number of nitrogens with zero attached hydrogens (tertiary/aromatic N) is 3. The van der Waals surface area contributed by atoms with E-state index in [2.05, 4.69) is 51.7 Å². The highest BCUT2D eigenvalue weighted by atomic mass is 127. The molecular formula is C24H40IN5O2. The fourth-order valence-electron chi connectivity index (χ4n) is 4.69. The summed E-state index contributed by atoms with van der Waals surface area (Å²) in [5.74, 6) is 2.26. The molecule has 2 N–H and O–H groups in total. The topological polar surface area (TPSA) is 69.2 Å². The van der Waals surface area contributed by atoms with E-state index in [1.165, 1.54) is 24.8 Å². The van der Waals surface area contributed by atoms with Crippen molar-refractivity contribution >= 4 is 35.8 Å². The van der Waals surface area contributed by atoms with Crippen LogP contribution in [0.4, 0.5) is 0 Å². The highest BCUT2D eigenvalue weighted by Crippen LogP contribution is 2.27. The van der Waals surface area contributed by atoms with Crippen molar-refractivity contribution in [2.75, 3.05) is 47.9 Å². The average Bonchev–Trinajstić information content (AvgIpc) is 3.27. The Balaban J connectivity index is 0.00000363. The Morgan fingerprint density at radius 3 is 2.47 bits per heavy atom. The van der Waals surface area contributed by atoms with Crippen LogP contribution in [-0.2, 0) is 4.79 Å². The van der Waals surface area contributed by atoms with Crippen molar-refractivity contribution in [3.8, 4) is 5.75 Å². The zero-order valence-electron chi connectivity index (χ0n) is 20.0. The highest BCUT2D eigenvalue weighted by molar-refractivity contribution is 14.0. The maximum Gasteiger partial charge on any atom is 0.225 e. The van der Waals surface area contributed by atoms with Gasteiger partial charge in [0.25, 0.3) is 0 Å². The quantitative estimate of drug-likeness (QED) is 0.306. The first-order valence-corrected chi connectivity index (χ1v) is 11.6. The van der Waals surface area contributed by atoms with Gasteiger partial charge in [-0.2, -0.15) is 0 Å². The lowest BCUT2D eigenvalue weighted by molar-refractivity contribution is -0.135. The lowest BCUT2D eigenvalue weighted by atomic mass is 9.88. The van der Waals surface area contributed by atoms with Gasteiger partial charge in [0, 0.05) is 38.6 Å². The number of hydrogen-bond acceptors (Lipinski definition) is 4. The Kier molecular flexibility index (Phi) is 11.0. The summed E-state index contributed by atoms with van der Waals surface area (Å²) in [7, 11) is 7.65. The monoisotopic (exact) mass is 557 g/mol. The zero-order chi connectivity index (χ0) is 22.2. The van der Waals surface area contributed by atoms with Crippen molar-refractivity contribution in [3.05, 3.63) is 29.8 Å². The van der Waals surface area contributed by atoms with Gasteiger partial charge in [0.2, 0.25) is 5.91 Å². The van der Waals surface area contributed by atoms with Crippen LogP contribution in [0.25, 0.3) is 0 Å². The van der Waals surface area contributed by atoms with E-state index in [1.54, 1.807) is 14.2 Å². The molecule has 0 radical (unpaired) electrons. The number of carbonyl (C=O) groups excluding carboxylic acids is 1. The minimum atomic E-state index is 0. The van der Waals surface area contributed by atoms with Crippen LogP contribution in [0, 0.1) is 5.92 Å². The van der Waals surface area contributed by atoms with Gasteiger partial charge in [0.15, 0.2) is 5.96 Å². The lowest BCUT2D eigenvalue weighted by Gasteiger charge is -2.27. The third kappa shape index (κ3) is 7.23. The fourth-order valence-corrected chi connectivity index (χ4v) is 4.69. The van der Waals surface area contributed by atoms with Crippen molar-refractivity contribution in [2.45, 2.75) is 50.6 Å². The van der Waals surface area contributed by atoms with Gasteiger partial charge in [-0.3, -0.25) is 9.79 Å². The number of ether oxygens (including phenoxy) is 1. The number of likely N-dealkylation sites (tertiary alicyclic amines) is 1. The van der Waals surface area contributed by atoms with Crippen molar-refractivity contribution < 1.29 is 9.53 Å². The number of benzene rings is 1. The Hall–Kier alpha value is -1.55. The van der Waals surface area contributed by atoms with E-state index < -0.39 is 0 Å². The number of amides is 1. The standard InChI is InChI=1S/C24H39N5O2.HI/c1-25-24(26-16-22(28(2)3)18-10-12-21(31-4)13-11-18)27-20-14-15-29(17-20)23(30)19-8-6-5-7-9-19;/h10-13,19-20,22H,5-9,14-17H2,1-4H3,(H2,25,26,27);1H. The SMILES string of the molecule is CN=C(NCC(c1ccc(OC)cc1)N(C)C)NC1CCN(C(=O)C2CCCCC2)C1.I. The Bertz CT molecular complexity index is 734. The van der Waals surface area contributed by atoms with Crippen molar-refractivity contribution in [1.82, 2.24) is 20.4 Å². The van der Waals surface area contributed by atoms with Crippen LogP contribution < -0.4 is 15.4 Å². The van der Waals surface area contributed by atoms with E-state index >= 15 is 0 Å². The molecule has 1 aromatic rings. The highest BCUT2D eigenvalue weighted by Gasteiger charge is 2.31. The van der Waals surface area contributed by atoms with Gasteiger partial charge in [-0.25, -0.2) is 0 Å². The molecule has 32 heavy (non-hydrogen) atoms. The summed E-state index contributed by atoms with van der Waals surface area (Å²) < 4.78 is 5.28. The number of guanidine groups is 1. The summed E-state index contributed by atoms with van der Waals surface area (Å²) in [6.07, 6.45) is 6.77. The third-order valence-electron chi connectivity index (χ3n) is 6.61. The Morgan fingerprint density at radius 1 is 1.19 bits per heavy atom. The van der Waals surface area contributed by atoms with E-state index in [0.717, 1.165) is 50.6 Å².